The zero-order chi connectivity index (χ0) is 25.5. The van der Waals surface area contributed by atoms with E-state index in [-0.39, 0.29) is 68.5 Å². The predicted molar refractivity (Wildman–Crippen MR) is 165 cm³/mol. The van der Waals surface area contributed by atoms with Crippen molar-refractivity contribution >= 4 is 14.7 Å². The van der Waals surface area contributed by atoms with Crippen LogP contribution in [0.3, 0.4) is 0 Å². The van der Waals surface area contributed by atoms with Gasteiger partial charge in [0.15, 0.2) is 0 Å². The summed E-state index contributed by atoms with van der Waals surface area (Å²) in [4.78, 5) is 0. The molecule has 2 aliphatic carbocycles. The molecule has 5 heteroatoms. The van der Waals surface area contributed by atoms with Crippen molar-refractivity contribution in [2.45, 2.75) is 141 Å². The number of hydrogen-bond acceptors (Lipinski definition) is 0. The third-order valence-electron chi connectivity index (χ3n) is 9.58. The largest absolute Gasteiger partial charge is 4.00 e. The molecule has 0 N–H and O–H groups in total. The first-order valence-electron chi connectivity index (χ1n) is 15.9. The van der Waals surface area contributed by atoms with Crippen LogP contribution in [-0.4, -0.2) is 9.52 Å². The molecule has 0 bridgehead atoms. The van der Waals surface area contributed by atoms with E-state index >= 15 is 0 Å². The number of hydrogen-bond donors (Lipinski definition) is 0. The maximum absolute atomic E-state index is 2.64. The van der Waals surface area contributed by atoms with Crippen LogP contribution in [0.15, 0.2) is 54.1 Å². The van der Waals surface area contributed by atoms with E-state index in [1.807, 2.05) is 0 Å². The van der Waals surface area contributed by atoms with Crippen molar-refractivity contribution in [2.24, 2.45) is 11.8 Å². The first-order valence-corrected chi connectivity index (χ1v) is 17.3. The molecule has 0 radical (unpaired) electrons. The Balaban J connectivity index is 0. The smallest absolute Gasteiger partial charge is 1.00 e. The van der Waals surface area contributed by atoms with Gasteiger partial charge >= 0.3 is 21.7 Å². The van der Waals surface area contributed by atoms with Gasteiger partial charge in [-0.15, -0.1) is 19.1 Å². The van der Waals surface area contributed by atoms with E-state index in [0.29, 0.717) is 5.04 Å². The van der Waals surface area contributed by atoms with E-state index in [4.69, 9.17) is 0 Å². The fourth-order valence-electron chi connectivity index (χ4n) is 7.20. The molecule has 0 spiro atoms. The second kappa shape index (κ2) is 24.8. The number of benzene rings is 1. The summed E-state index contributed by atoms with van der Waals surface area (Å²) < 4.78 is 0. The zero-order valence-electron chi connectivity index (χ0n) is 25.8. The Kier molecular flexibility index (Phi) is 26.3. The summed E-state index contributed by atoms with van der Waals surface area (Å²) in [5.74, 6) is 3.37. The zero-order valence-corrected chi connectivity index (χ0v) is 31.1. The van der Waals surface area contributed by atoms with Crippen LogP contribution in [0.25, 0.3) is 0 Å². The Morgan fingerprint density at radius 3 is 1.73 bits per heavy atom. The number of rotatable bonds is 19. The molecule has 3 rings (SSSR count). The normalized spacial score (nSPS) is 21.2. The van der Waals surface area contributed by atoms with Crippen LogP contribution < -0.4 is 42.4 Å². The number of fused-ring (bicyclic) bond motifs is 1. The third-order valence-corrected chi connectivity index (χ3v) is 12.2. The van der Waals surface area contributed by atoms with Crippen LogP contribution >= 0.6 is 0 Å². The molecule has 226 valence electrons. The maximum atomic E-state index is 2.64. The van der Waals surface area contributed by atoms with Crippen LogP contribution in [0.2, 0.25) is 5.04 Å². The van der Waals surface area contributed by atoms with Crippen molar-refractivity contribution < 1.29 is 58.9 Å². The van der Waals surface area contributed by atoms with Crippen molar-refractivity contribution in [1.29, 1.82) is 0 Å². The summed E-state index contributed by atoms with van der Waals surface area (Å²) in [5.41, 5.74) is 1.70. The van der Waals surface area contributed by atoms with Crippen molar-refractivity contribution in [1.82, 2.24) is 0 Å². The molecule has 0 aromatic heterocycles. The van der Waals surface area contributed by atoms with E-state index in [1.54, 1.807) is 16.7 Å². The molecule has 40 heavy (non-hydrogen) atoms. The average Bonchev–Trinajstić information content (AvgIpc) is 3.10. The second-order valence-electron chi connectivity index (χ2n) is 12.3. The third kappa shape index (κ3) is 13.8. The molecular weight excluding hydrogens is 603 g/mol. The minimum atomic E-state index is -0.353. The summed E-state index contributed by atoms with van der Waals surface area (Å²) in [7, 11) is -0.353. The van der Waals surface area contributed by atoms with E-state index in [1.165, 1.54) is 116 Å². The topological polar surface area (TPSA) is 0 Å². The fourth-order valence-corrected chi connectivity index (χ4v) is 9.78. The molecule has 1 aromatic carbocycles. The Bertz CT molecular complexity index is 784. The Labute approximate surface area is 285 Å². The Morgan fingerprint density at radius 2 is 1.23 bits per heavy atom. The first kappa shape index (κ1) is 42.5. The molecule has 3 unspecified atom stereocenters. The van der Waals surface area contributed by atoms with Gasteiger partial charge in [-0.05, 0) is 18.3 Å². The molecule has 0 saturated heterocycles. The molecule has 1 fully saturated rings. The van der Waals surface area contributed by atoms with Gasteiger partial charge in [-0.3, -0.25) is 0 Å². The van der Waals surface area contributed by atoms with E-state index in [2.05, 4.69) is 69.3 Å². The van der Waals surface area contributed by atoms with E-state index < -0.39 is 0 Å². The molecule has 0 nitrogen and oxygen atoms in total. The molecule has 3 atom stereocenters. The van der Waals surface area contributed by atoms with Crippen LogP contribution in [-0.2, 0) is 21.7 Å². The van der Waals surface area contributed by atoms with E-state index in [9.17, 15) is 0 Å². The molecule has 0 amide bonds. The molecule has 1 aromatic rings. The molecule has 0 heterocycles. The van der Waals surface area contributed by atoms with Gasteiger partial charge in [-0.25, -0.2) is 17.6 Å². The van der Waals surface area contributed by atoms with E-state index in [0.717, 1.165) is 11.8 Å². The van der Waals surface area contributed by atoms with Gasteiger partial charge in [0.2, 0.25) is 0 Å². The van der Waals surface area contributed by atoms with Gasteiger partial charge in [-0.2, -0.15) is 0 Å². The summed E-state index contributed by atoms with van der Waals surface area (Å²) in [6, 6.07) is 11.4. The first-order chi connectivity index (χ1) is 17.7. The molecular formula is C35H57Cl3SiTi. The van der Waals surface area contributed by atoms with Gasteiger partial charge in [0.05, 0.1) is 0 Å². The van der Waals surface area contributed by atoms with Crippen LogP contribution in [0.1, 0.15) is 136 Å². The van der Waals surface area contributed by atoms with Crippen molar-refractivity contribution in [2.75, 3.05) is 0 Å². The monoisotopic (exact) mass is 658 g/mol. The quantitative estimate of drug-likeness (QED) is 0.118. The van der Waals surface area contributed by atoms with Crippen LogP contribution in [0.5, 0.6) is 0 Å². The number of unbranched alkanes of at least 4 members (excludes halogenated alkanes) is 15. The standard InChI is InChI=1S/C35H57Si.3ClH.Ti/c1-4-5-6-7-8-9-10-11-12-13-14-15-16-17-18-22-29-34-33-28-24-23-27-32(33)30(2)35(34,3)36-31-25-20-19-21-26-31;;;;/h19-21,23-27,33-34H,4-18,22,28-29,36H2,1-3H3;3*1H;/q-1;;;;+4/p-3. The number of allylic oxidation sites excluding steroid dienone is 4. The fraction of sp³-hybridized carbons (Fsp3) is 0.686. The molecule has 1 saturated carbocycles. The van der Waals surface area contributed by atoms with Crippen molar-refractivity contribution in [3.63, 3.8) is 0 Å². The summed E-state index contributed by atoms with van der Waals surface area (Å²) in [6.45, 7) is 7.42. The van der Waals surface area contributed by atoms with Gasteiger partial charge in [0.25, 0.3) is 0 Å². The van der Waals surface area contributed by atoms with Crippen molar-refractivity contribution in [3.05, 3.63) is 60.1 Å². The van der Waals surface area contributed by atoms with Crippen LogP contribution in [0.4, 0.5) is 0 Å². The predicted octanol–water partition coefficient (Wildman–Crippen LogP) is 1.05. The Hall–Kier alpha value is 0.371. The molecule has 0 aliphatic heterocycles. The Morgan fingerprint density at radius 1 is 0.750 bits per heavy atom. The minimum Gasteiger partial charge on any atom is -1.00 e. The molecule has 2 aliphatic rings. The van der Waals surface area contributed by atoms with Gasteiger partial charge in [-0.1, -0.05) is 164 Å². The summed E-state index contributed by atoms with van der Waals surface area (Å²) in [5, 5.41) is 2.09. The van der Waals surface area contributed by atoms with Crippen molar-refractivity contribution in [3.8, 4) is 0 Å². The average molecular weight is 660 g/mol. The van der Waals surface area contributed by atoms with Gasteiger partial charge in [0.1, 0.15) is 0 Å². The van der Waals surface area contributed by atoms with Crippen LogP contribution in [0, 0.1) is 17.8 Å². The van der Waals surface area contributed by atoms with Gasteiger partial charge < -0.3 is 37.2 Å². The second-order valence-corrected chi connectivity index (χ2v) is 14.9. The SMILES string of the molecule is CCCCCCCCCCCCCCCCCCC1C2CC=CC=C2[C-](C)C1(C)[SiH2]c1ccccc1.[Cl-].[Cl-].[Cl-].[Ti+4]. The van der Waals surface area contributed by atoms with Gasteiger partial charge in [0, 0.05) is 9.52 Å². The minimum absolute atomic E-state index is 0. The maximum Gasteiger partial charge on any atom is 4.00 e. The summed E-state index contributed by atoms with van der Waals surface area (Å²) >= 11 is 0. The number of halogens is 3. The summed E-state index contributed by atoms with van der Waals surface area (Å²) in [6.07, 6.45) is 33.2.